The summed E-state index contributed by atoms with van der Waals surface area (Å²) in [5, 5.41) is 2.63. The van der Waals surface area contributed by atoms with E-state index in [1.165, 1.54) is 20.8 Å². The van der Waals surface area contributed by atoms with Gasteiger partial charge in [-0.2, -0.15) is 6.07 Å². The molecule has 0 amide bonds. The van der Waals surface area contributed by atoms with Crippen LogP contribution in [-0.2, 0) is 18.2 Å². The third-order valence-electron chi connectivity index (χ3n) is 1.84. The van der Waals surface area contributed by atoms with Crippen molar-refractivity contribution in [1.29, 1.82) is 0 Å². The number of aryl methyl sites for hydroxylation is 1. The fraction of sp³-hybridized carbons (Fsp3) is 0.100. The predicted octanol–water partition coefficient (Wildman–Crippen LogP) is 5.70. The molecule has 0 nitrogen and oxygen atoms in total. The summed E-state index contributed by atoms with van der Waals surface area (Å²) in [6.45, 7) is 2.12. The van der Waals surface area contributed by atoms with E-state index in [9.17, 15) is 0 Å². The van der Waals surface area contributed by atoms with Crippen LogP contribution in [0.3, 0.4) is 0 Å². The van der Waals surface area contributed by atoms with Gasteiger partial charge in [0.2, 0.25) is 0 Å². The van der Waals surface area contributed by atoms with Crippen molar-refractivity contribution in [1.82, 2.24) is 0 Å². The Morgan fingerprint density at radius 2 is 1.87 bits per heavy atom. The first-order valence-electron chi connectivity index (χ1n) is 4.15. The van der Waals surface area contributed by atoms with Gasteiger partial charge in [-0.25, -0.2) is 0 Å². The molecule has 2 aromatic carbocycles. The van der Waals surface area contributed by atoms with Gasteiger partial charge in [0.05, 0.1) is 0 Å². The zero-order valence-electron chi connectivity index (χ0n) is 7.90. The quantitative estimate of drug-likeness (QED) is 0.494. The van der Waals surface area contributed by atoms with E-state index < -0.39 is 18.2 Å². The number of hydrogen-bond acceptors (Lipinski definition) is 0. The first-order valence-corrected chi connectivity index (χ1v) is 14.4. The van der Waals surface area contributed by atoms with Gasteiger partial charge in [0.25, 0.3) is 0 Å². The van der Waals surface area contributed by atoms with Crippen LogP contribution < -0.4 is 0 Å². The molecule has 2 aromatic rings. The molecule has 0 aliphatic heterocycles. The molecule has 0 aliphatic rings. The Bertz CT molecular complexity index is 436. The summed E-state index contributed by atoms with van der Waals surface area (Å²) in [6.07, 6.45) is 0. The van der Waals surface area contributed by atoms with Gasteiger partial charge in [0.1, 0.15) is 0 Å². The van der Waals surface area contributed by atoms with E-state index in [0.29, 0.717) is 0 Å². The Labute approximate surface area is 116 Å². The van der Waals surface area contributed by atoms with Gasteiger partial charge in [-0.05, 0) is 4.47 Å². The van der Waals surface area contributed by atoms with Crippen LogP contribution in [0, 0.1) is 6.92 Å². The van der Waals surface area contributed by atoms with E-state index in [1.807, 2.05) is 0 Å². The summed E-state index contributed by atoms with van der Waals surface area (Å²) < 4.78 is 1.18. The maximum absolute atomic E-state index is 5.00. The van der Waals surface area contributed by atoms with Gasteiger partial charge in [-0.1, -0.05) is 28.9 Å². The normalized spacial score (nSPS) is 9.67. The van der Waals surface area contributed by atoms with E-state index in [-0.39, 0.29) is 0 Å². The summed E-state index contributed by atoms with van der Waals surface area (Å²) >= 11 is 1.38. The Morgan fingerprint density at radius 1 is 1.27 bits per heavy atom. The summed E-state index contributed by atoms with van der Waals surface area (Å²) in [5.41, 5.74) is 1.33. The van der Waals surface area contributed by atoms with Crippen LogP contribution in [0.15, 0.2) is 34.8 Å². The van der Waals surface area contributed by atoms with Crippen molar-refractivity contribution in [3.63, 3.8) is 0 Å². The topological polar surface area (TPSA) is 0 Å². The molecule has 0 fully saturated rings. The average Bonchev–Trinajstić information content (AvgIpc) is 2.46. The molecule has 15 heavy (non-hydrogen) atoms. The van der Waals surface area contributed by atoms with Crippen LogP contribution in [-0.4, -0.2) is 0 Å². The van der Waals surface area contributed by atoms with Crippen LogP contribution >= 0.6 is 41.5 Å². The summed E-state index contributed by atoms with van der Waals surface area (Å²) in [5.74, 6) is 0. The second-order valence-electron chi connectivity index (χ2n) is 2.99. The standard InChI is InChI=1S/C10H8Br.3ClH.Zr/c1-7-5-8-3-2-4-10(11)9(8)6-7;;;;/h2-6H,1H3;3*1H;/q-1;;;;+3/p-3. The van der Waals surface area contributed by atoms with Crippen molar-refractivity contribution < 1.29 is 18.2 Å². The molecule has 0 aliphatic carbocycles. The van der Waals surface area contributed by atoms with Crippen molar-refractivity contribution >= 4 is 52.2 Å². The fourth-order valence-electron chi connectivity index (χ4n) is 1.35. The number of fused-ring (bicyclic) bond motifs is 1. The number of rotatable bonds is 0. The summed E-state index contributed by atoms with van der Waals surface area (Å²) in [7, 11) is 15.0. The molecule has 0 unspecified atom stereocenters. The zero-order chi connectivity index (χ0) is 11.4. The Balaban J connectivity index is 0.000000245. The molecule has 0 spiro atoms. The van der Waals surface area contributed by atoms with E-state index in [4.69, 9.17) is 25.5 Å². The molecule has 0 bridgehead atoms. The fourth-order valence-corrected chi connectivity index (χ4v) is 1.84. The Morgan fingerprint density at radius 3 is 2.40 bits per heavy atom. The number of hydrogen-bond donors (Lipinski definition) is 0. The summed E-state index contributed by atoms with van der Waals surface area (Å²) in [6, 6.07) is 10.7. The third-order valence-corrected chi connectivity index (χ3v) is 2.53. The van der Waals surface area contributed by atoms with Gasteiger partial charge in [-0.3, -0.25) is 0 Å². The molecule has 81 valence electrons. The minimum atomic E-state index is -2.13. The van der Waals surface area contributed by atoms with Crippen molar-refractivity contribution in [3.8, 4) is 0 Å². The van der Waals surface area contributed by atoms with Crippen molar-refractivity contribution in [2.45, 2.75) is 6.92 Å². The third kappa shape index (κ3) is 4.83. The molecule has 0 atom stereocenters. The molecule has 5 heteroatoms. The molecule has 2 rings (SSSR count). The van der Waals surface area contributed by atoms with Crippen LogP contribution in [0.5, 0.6) is 0 Å². The SMILES string of the molecule is Cc1cc2c(Br)cccc2[cH-]1.[Cl][Zr]([Cl])[Cl]. The average molecular weight is 406 g/mol. The molecule has 0 aromatic heterocycles. The Kier molecular flexibility index (Phi) is 6.32. The monoisotopic (exact) mass is 402 g/mol. The summed E-state index contributed by atoms with van der Waals surface area (Å²) in [4.78, 5) is 0. The molecule has 0 radical (unpaired) electrons. The first-order chi connectivity index (χ1) is 7.00. The molecule has 0 heterocycles. The molecule has 0 saturated carbocycles. The van der Waals surface area contributed by atoms with E-state index in [1.54, 1.807) is 0 Å². The van der Waals surface area contributed by atoms with Crippen LogP contribution in [0.25, 0.3) is 10.8 Å². The maximum atomic E-state index is 5.00. The van der Waals surface area contributed by atoms with E-state index >= 15 is 0 Å². The molecular formula is C10H8BrCl3Zr-. The second kappa shape index (κ2) is 6.71. The van der Waals surface area contributed by atoms with Gasteiger partial charge in [0, 0.05) is 0 Å². The predicted molar refractivity (Wildman–Crippen MR) is 69.5 cm³/mol. The number of halogens is 4. The number of benzene rings is 1. The molecule has 0 saturated heterocycles. The molecule has 0 N–H and O–H groups in total. The van der Waals surface area contributed by atoms with Crippen molar-refractivity contribution in [2.24, 2.45) is 0 Å². The zero-order valence-corrected chi connectivity index (χ0v) is 14.2. The van der Waals surface area contributed by atoms with Crippen LogP contribution in [0.2, 0.25) is 0 Å². The first kappa shape index (κ1) is 14.1. The minimum absolute atomic E-state index is 1.18. The van der Waals surface area contributed by atoms with Gasteiger partial charge >= 0.3 is 43.7 Å². The van der Waals surface area contributed by atoms with E-state index in [2.05, 4.69) is 53.2 Å². The van der Waals surface area contributed by atoms with Crippen LogP contribution in [0.4, 0.5) is 0 Å². The van der Waals surface area contributed by atoms with E-state index in [0.717, 1.165) is 0 Å². The van der Waals surface area contributed by atoms with Crippen LogP contribution in [0.1, 0.15) is 5.56 Å². The van der Waals surface area contributed by atoms with Gasteiger partial charge in [0.15, 0.2) is 0 Å². The van der Waals surface area contributed by atoms with Gasteiger partial charge in [-0.15, -0.1) is 34.5 Å². The second-order valence-corrected chi connectivity index (χ2v) is 15.0. The van der Waals surface area contributed by atoms with Gasteiger partial charge < -0.3 is 0 Å². The van der Waals surface area contributed by atoms with Crippen molar-refractivity contribution in [3.05, 3.63) is 40.4 Å². The van der Waals surface area contributed by atoms with Crippen molar-refractivity contribution in [2.75, 3.05) is 0 Å². The Hall–Kier alpha value is 1.06. The molecular weight excluding hydrogens is 398 g/mol.